The average Bonchev–Trinajstić information content (AvgIpc) is 3.06. The topological polar surface area (TPSA) is 66.1 Å². The van der Waals surface area contributed by atoms with Crippen LogP contribution in [0.5, 0.6) is 0 Å². The molecule has 1 fully saturated rings. The van der Waals surface area contributed by atoms with Crippen molar-refractivity contribution < 1.29 is 8.42 Å². The molecule has 1 N–H and O–H groups in total. The lowest BCUT2D eigenvalue weighted by Crippen LogP contribution is -2.40. The van der Waals surface area contributed by atoms with Crippen LogP contribution in [0.15, 0.2) is 36.5 Å². The van der Waals surface area contributed by atoms with Crippen molar-refractivity contribution in [3.05, 3.63) is 42.4 Å². The Morgan fingerprint density at radius 2 is 2.09 bits per heavy atom. The molecule has 1 atom stereocenters. The molecule has 23 heavy (non-hydrogen) atoms. The Hall–Kier alpha value is -1.66. The third-order valence-electron chi connectivity index (χ3n) is 4.31. The monoisotopic (exact) mass is 333 g/mol. The number of aromatic nitrogens is 2. The van der Waals surface area contributed by atoms with E-state index in [2.05, 4.69) is 9.97 Å². The molecule has 0 aliphatic carbocycles. The Balaban J connectivity index is 1.76. The first kappa shape index (κ1) is 16.2. The second kappa shape index (κ2) is 6.84. The van der Waals surface area contributed by atoms with Crippen LogP contribution in [0.4, 0.5) is 0 Å². The van der Waals surface area contributed by atoms with E-state index in [-0.39, 0.29) is 11.7 Å². The molecular weight excluding hydrogens is 310 g/mol. The van der Waals surface area contributed by atoms with Gasteiger partial charge in [0.1, 0.15) is 5.82 Å². The van der Waals surface area contributed by atoms with Gasteiger partial charge in [0, 0.05) is 19.0 Å². The molecule has 0 bridgehead atoms. The second-order valence-corrected chi connectivity index (χ2v) is 8.15. The standard InChI is InChI=1S/C17H23N3O2S/c1-2-11-23(21,22)20-10-6-9-15(13-20)17-18-12-16(19-17)14-7-4-3-5-8-14/h3-5,7-8,12,15H,2,6,9-11,13H2,1H3,(H,18,19)/t15-/m1/s1. The van der Waals surface area contributed by atoms with E-state index in [1.165, 1.54) is 0 Å². The molecule has 1 saturated heterocycles. The number of hydrogen-bond acceptors (Lipinski definition) is 3. The van der Waals surface area contributed by atoms with Crippen molar-refractivity contribution in [2.45, 2.75) is 32.1 Å². The highest BCUT2D eigenvalue weighted by atomic mass is 32.2. The summed E-state index contributed by atoms with van der Waals surface area (Å²) < 4.78 is 26.2. The molecule has 0 radical (unpaired) electrons. The molecule has 6 heteroatoms. The molecule has 0 unspecified atom stereocenters. The van der Waals surface area contributed by atoms with Gasteiger partial charge in [0.25, 0.3) is 0 Å². The third-order valence-corrected chi connectivity index (χ3v) is 6.35. The molecule has 124 valence electrons. The molecule has 1 aromatic heterocycles. The Morgan fingerprint density at radius 1 is 1.30 bits per heavy atom. The van der Waals surface area contributed by atoms with E-state index < -0.39 is 10.0 Å². The van der Waals surface area contributed by atoms with Crippen molar-refractivity contribution in [1.82, 2.24) is 14.3 Å². The first-order valence-electron chi connectivity index (χ1n) is 8.18. The van der Waals surface area contributed by atoms with Crippen LogP contribution in [0.2, 0.25) is 0 Å². The van der Waals surface area contributed by atoms with Gasteiger partial charge in [-0.15, -0.1) is 0 Å². The average molecular weight is 333 g/mol. The van der Waals surface area contributed by atoms with Gasteiger partial charge in [-0.1, -0.05) is 37.3 Å². The van der Waals surface area contributed by atoms with Crippen LogP contribution in [0.3, 0.4) is 0 Å². The first-order chi connectivity index (χ1) is 11.1. The van der Waals surface area contributed by atoms with E-state index in [0.29, 0.717) is 19.5 Å². The smallest absolute Gasteiger partial charge is 0.214 e. The van der Waals surface area contributed by atoms with Gasteiger partial charge < -0.3 is 4.98 Å². The predicted octanol–water partition coefficient (Wildman–Crippen LogP) is 3.00. The number of hydrogen-bond donors (Lipinski definition) is 1. The van der Waals surface area contributed by atoms with Gasteiger partial charge >= 0.3 is 0 Å². The summed E-state index contributed by atoms with van der Waals surface area (Å²) in [6.07, 6.45) is 4.35. The SMILES string of the molecule is CCCS(=O)(=O)N1CCC[C@@H](c2ncc(-c3ccccc3)[nH]2)C1. The first-order valence-corrected chi connectivity index (χ1v) is 9.79. The number of rotatable bonds is 5. The zero-order chi connectivity index (χ0) is 16.3. The van der Waals surface area contributed by atoms with Crippen LogP contribution in [0, 0.1) is 0 Å². The van der Waals surface area contributed by atoms with Crippen LogP contribution in [-0.4, -0.2) is 41.5 Å². The largest absolute Gasteiger partial charge is 0.342 e. The summed E-state index contributed by atoms with van der Waals surface area (Å²) in [6, 6.07) is 10.1. The molecule has 1 aliphatic heterocycles. The van der Waals surface area contributed by atoms with Crippen molar-refractivity contribution in [1.29, 1.82) is 0 Å². The van der Waals surface area contributed by atoms with Crippen molar-refractivity contribution in [3.63, 3.8) is 0 Å². The summed E-state index contributed by atoms with van der Waals surface area (Å²) in [7, 11) is -3.13. The highest BCUT2D eigenvalue weighted by Crippen LogP contribution is 2.28. The number of H-pyrrole nitrogens is 1. The maximum Gasteiger partial charge on any atom is 0.214 e. The second-order valence-electron chi connectivity index (χ2n) is 6.06. The number of nitrogens with zero attached hydrogens (tertiary/aromatic N) is 2. The van der Waals surface area contributed by atoms with Crippen LogP contribution in [0.1, 0.15) is 37.9 Å². The van der Waals surface area contributed by atoms with Gasteiger partial charge in [-0.25, -0.2) is 17.7 Å². The quantitative estimate of drug-likeness (QED) is 0.915. The van der Waals surface area contributed by atoms with Crippen molar-refractivity contribution in [3.8, 4) is 11.3 Å². The lowest BCUT2D eigenvalue weighted by Gasteiger charge is -2.30. The molecule has 5 nitrogen and oxygen atoms in total. The minimum Gasteiger partial charge on any atom is -0.342 e. The Kier molecular flexibility index (Phi) is 4.82. The fourth-order valence-electron chi connectivity index (χ4n) is 3.11. The van der Waals surface area contributed by atoms with E-state index >= 15 is 0 Å². The Labute approximate surface area is 137 Å². The zero-order valence-corrected chi connectivity index (χ0v) is 14.2. The fourth-order valence-corrected chi connectivity index (χ4v) is 4.70. The minimum atomic E-state index is -3.13. The highest BCUT2D eigenvalue weighted by molar-refractivity contribution is 7.89. The molecule has 0 saturated carbocycles. The summed E-state index contributed by atoms with van der Waals surface area (Å²) in [5, 5.41) is 0. The van der Waals surface area contributed by atoms with E-state index in [1.54, 1.807) is 4.31 Å². The molecule has 1 aromatic carbocycles. The van der Waals surface area contributed by atoms with Gasteiger partial charge in [-0.3, -0.25) is 0 Å². The molecule has 2 aromatic rings. The van der Waals surface area contributed by atoms with Crippen molar-refractivity contribution >= 4 is 10.0 Å². The molecule has 3 rings (SSSR count). The number of imidazole rings is 1. The summed E-state index contributed by atoms with van der Waals surface area (Å²) in [5.41, 5.74) is 2.08. The molecule has 2 heterocycles. The number of nitrogens with one attached hydrogen (secondary N) is 1. The van der Waals surface area contributed by atoms with Gasteiger partial charge in [0.05, 0.1) is 17.6 Å². The van der Waals surface area contributed by atoms with Crippen molar-refractivity contribution in [2.24, 2.45) is 0 Å². The lowest BCUT2D eigenvalue weighted by molar-refractivity contribution is 0.310. The van der Waals surface area contributed by atoms with Gasteiger partial charge in [-0.2, -0.15) is 0 Å². The number of piperidine rings is 1. The normalized spacial score (nSPS) is 19.8. The van der Waals surface area contributed by atoms with Crippen LogP contribution >= 0.6 is 0 Å². The molecule has 0 spiro atoms. The Bertz CT molecular complexity index is 740. The third kappa shape index (κ3) is 3.64. The van der Waals surface area contributed by atoms with E-state index in [4.69, 9.17) is 0 Å². The summed E-state index contributed by atoms with van der Waals surface area (Å²) in [5.74, 6) is 1.26. The van der Waals surface area contributed by atoms with Gasteiger partial charge in [0.15, 0.2) is 0 Å². The summed E-state index contributed by atoms with van der Waals surface area (Å²) >= 11 is 0. The fraction of sp³-hybridized carbons (Fsp3) is 0.471. The molecular formula is C17H23N3O2S. The van der Waals surface area contributed by atoms with Gasteiger partial charge in [-0.05, 0) is 24.8 Å². The van der Waals surface area contributed by atoms with E-state index in [0.717, 1.165) is 29.9 Å². The molecule has 1 aliphatic rings. The van der Waals surface area contributed by atoms with Gasteiger partial charge in [0.2, 0.25) is 10.0 Å². The maximum atomic E-state index is 12.3. The number of aromatic amines is 1. The zero-order valence-electron chi connectivity index (χ0n) is 13.4. The number of sulfonamides is 1. The van der Waals surface area contributed by atoms with E-state index in [9.17, 15) is 8.42 Å². The lowest BCUT2D eigenvalue weighted by atomic mass is 9.99. The highest BCUT2D eigenvalue weighted by Gasteiger charge is 2.30. The van der Waals surface area contributed by atoms with E-state index in [1.807, 2.05) is 43.5 Å². The van der Waals surface area contributed by atoms with Crippen LogP contribution in [-0.2, 0) is 10.0 Å². The summed E-state index contributed by atoms with van der Waals surface area (Å²) in [6.45, 7) is 3.06. The van der Waals surface area contributed by atoms with Crippen LogP contribution in [0.25, 0.3) is 11.3 Å². The summed E-state index contributed by atoms with van der Waals surface area (Å²) in [4.78, 5) is 7.87. The Morgan fingerprint density at radius 3 is 2.83 bits per heavy atom. The maximum absolute atomic E-state index is 12.3. The predicted molar refractivity (Wildman–Crippen MR) is 91.6 cm³/mol. The van der Waals surface area contributed by atoms with Crippen molar-refractivity contribution in [2.75, 3.05) is 18.8 Å². The number of benzene rings is 1. The molecule has 0 amide bonds. The van der Waals surface area contributed by atoms with Crippen LogP contribution < -0.4 is 0 Å². The minimum absolute atomic E-state index is 0.146.